The molecule has 0 radical (unpaired) electrons. The van der Waals surface area contributed by atoms with E-state index >= 15 is 0 Å². The molecule has 0 saturated carbocycles. The lowest BCUT2D eigenvalue weighted by atomic mass is 10.2. The van der Waals surface area contributed by atoms with E-state index in [-0.39, 0.29) is 17.1 Å². The van der Waals surface area contributed by atoms with Crippen molar-refractivity contribution in [2.24, 2.45) is 0 Å². The Morgan fingerprint density at radius 1 is 1.10 bits per heavy atom. The van der Waals surface area contributed by atoms with Crippen LogP contribution < -0.4 is 0 Å². The van der Waals surface area contributed by atoms with Crippen molar-refractivity contribution in [3.05, 3.63) is 53.5 Å². The minimum atomic E-state index is -1.13. The molecule has 0 fully saturated rings. The predicted octanol–water partition coefficient (Wildman–Crippen LogP) is 3.27. The molecule has 1 heterocycles. The second-order valence-electron chi connectivity index (χ2n) is 4.32. The van der Waals surface area contributed by atoms with Gasteiger partial charge in [-0.3, -0.25) is 0 Å². The SMILES string of the molecule is [C-]#[N+]c1cc(O)c2cnn(-c3cc(F)c(O)c(F)c3)c2c1. The fourth-order valence-electron chi connectivity index (χ4n) is 2.04. The number of phenols is 2. The van der Waals surface area contributed by atoms with Crippen LogP contribution in [0.5, 0.6) is 11.5 Å². The molecule has 7 heteroatoms. The predicted molar refractivity (Wildman–Crippen MR) is 70.6 cm³/mol. The highest BCUT2D eigenvalue weighted by Crippen LogP contribution is 2.32. The van der Waals surface area contributed by atoms with Crippen molar-refractivity contribution in [2.45, 2.75) is 0 Å². The van der Waals surface area contributed by atoms with Crippen molar-refractivity contribution in [3.63, 3.8) is 0 Å². The molecule has 0 bridgehead atoms. The largest absolute Gasteiger partial charge is 0.509 e. The van der Waals surface area contributed by atoms with E-state index in [1.54, 1.807) is 0 Å². The Morgan fingerprint density at radius 3 is 2.38 bits per heavy atom. The van der Waals surface area contributed by atoms with Gasteiger partial charge in [0.05, 0.1) is 29.4 Å². The number of hydrogen-bond acceptors (Lipinski definition) is 3. The molecule has 0 unspecified atom stereocenters. The van der Waals surface area contributed by atoms with Crippen molar-refractivity contribution < 1.29 is 19.0 Å². The summed E-state index contributed by atoms with van der Waals surface area (Å²) in [4.78, 5) is 3.21. The maximum Gasteiger partial charge on any atom is 0.193 e. The van der Waals surface area contributed by atoms with Crippen LogP contribution >= 0.6 is 0 Å². The van der Waals surface area contributed by atoms with E-state index in [2.05, 4.69) is 9.94 Å². The summed E-state index contributed by atoms with van der Waals surface area (Å²) >= 11 is 0. The van der Waals surface area contributed by atoms with Gasteiger partial charge in [0.2, 0.25) is 0 Å². The number of nitrogens with zero attached hydrogens (tertiary/aromatic N) is 3. The molecule has 0 saturated heterocycles. The Balaban J connectivity index is 2.31. The summed E-state index contributed by atoms with van der Waals surface area (Å²) in [5, 5.41) is 23.2. The number of rotatable bonds is 1. The summed E-state index contributed by atoms with van der Waals surface area (Å²) in [6.45, 7) is 6.97. The Hall–Kier alpha value is -3.14. The molecular formula is C14H7F2N3O2. The molecule has 0 amide bonds. The topological polar surface area (TPSA) is 62.6 Å². The molecular weight excluding hydrogens is 280 g/mol. The zero-order chi connectivity index (χ0) is 15.1. The maximum atomic E-state index is 13.4. The number of halogens is 2. The van der Waals surface area contributed by atoms with Crippen LogP contribution in [0.15, 0.2) is 30.5 Å². The summed E-state index contributed by atoms with van der Waals surface area (Å²) in [5.41, 5.74) is 0.520. The van der Waals surface area contributed by atoms with Gasteiger partial charge in [-0.15, -0.1) is 0 Å². The van der Waals surface area contributed by atoms with Crippen LogP contribution in [0, 0.1) is 18.2 Å². The molecule has 2 aromatic carbocycles. The molecule has 104 valence electrons. The molecule has 0 aliphatic rings. The second-order valence-corrected chi connectivity index (χ2v) is 4.32. The van der Waals surface area contributed by atoms with Gasteiger partial charge in [-0.25, -0.2) is 18.3 Å². The van der Waals surface area contributed by atoms with Crippen LogP contribution in [-0.2, 0) is 0 Å². The van der Waals surface area contributed by atoms with Gasteiger partial charge >= 0.3 is 0 Å². The summed E-state index contributed by atoms with van der Waals surface area (Å²) in [6, 6.07) is 4.54. The van der Waals surface area contributed by atoms with Gasteiger partial charge in [-0.05, 0) is 12.1 Å². The number of aromatic nitrogens is 2. The second kappa shape index (κ2) is 4.45. The summed E-state index contributed by atoms with van der Waals surface area (Å²) in [7, 11) is 0. The standard InChI is InChI=1S/C14H7F2N3O2/c1-17-7-2-12-9(13(20)3-7)6-18-19(12)8-4-10(15)14(21)11(16)5-8/h2-6,20-21H. The average Bonchev–Trinajstić information content (AvgIpc) is 2.88. The summed E-state index contributed by atoms with van der Waals surface area (Å²) in [5.74, 6) is -3.47. The third-order valence-electron chi connectivity index (χ3n) is 3.03. The summed E-state index contributed by atoms with van der Waals surface area (Å²) in [6.07, 6.45) is 1.32. The van der Waals surface area contributed by atoms with Gasteiger partial charge < -0.3 is 10.2 Å². The molecule has 3 aromatic rings. The highest BCUT2D eigenvalue weighted by Gasteiger charge is 2.14. The molecule has 0 spiro atoms. The smallest absolute Gasteiger partial charge is 0.193 e. The average molecular weight is 287 g/mol. The molecule has 1 aromatic heterocycles. The summed E-state index contributed by atoms with van der Waals surface area (Å²) < 4.78 is 28.0. The van der Waals surface area contributed by atoms with Crippen LogP contribution in [0.4, 0.5) is 14.5 Å². The third-order valence-corrected chi connectivity index (χ3v) is 3.03. The van der Waals surface area contributed by atoms with E-state index < -0.39 is 17.4 Å². The van der Waals surface area contributed by atoms with Crippen molar-refractivity contribution in [3.8, 4) is 17.2 Å². The highest BCUT2D eigenvalue weighted by molar-refractivity contribution is 5.89. The lowest BCUT2D eigenvalue weighted by molar-refractivity contribution is 0.396. The zero-order valence-corrected chi connectivity index (χ0v) is 10.4. The normalized spacial score (nSPS) is 10.7. The first-order valence-corrected chi connectivity index (χ1v) is 5.78. The van der Waals surface area contributed by atoms with Crippen molar-refractivity contribution in [1.29, 1.82) is 0 Å². The fourth-order valence-corrected chi connectivity index (χ4v) is 2.04. The maximum absolute atomic E-state index is 13.4. The number of aromatic hydroxyl groups is 2. The van der Waals surface area contributed by atoms with Gasteiger partial charge in [0.1, 0.15) is 5.75 Å². The first kappa shape index (κ1) is 12.9. The van der Waals surface area contributed by atoms with Crippen LogP contribution in [-0.4, -0.2) is 20.0 Å². The molecule has 3 rings (SSSR count). The quantitative estimate of drug-likeness (QED) is 0.675. The third kappa shape index (κ3) is 1.94. The lowest BCUT2D eigenvalue weighted by Gasteiger charge is -2.06. The van der Waals surface area contributed by atoms with E-state index in [1.807, 2.05) is 0 Å². The van der Waals surface area contributed by atoms with Gasteiger partial charge in [0.15, 0.2) is 23.1 Å². The molecule has 2 N–H and O–H groups in total. The van der Waals surface area contributed by atoms with E-state index in [0.717, 1.165) is 12.1 Å². The minimum absolute atomic E-state index is 0.0272. The van der Waals surface area contributed by atoms with Gasteiger partial charge in [-0.1, -0.05) is 0 Å². The number of benzene rings is 2. The van der Waals surface area contributed by atoms with E-state index in [9.17, 15) is 13.9 Å². The lowest BCUT2D eigenvalue weighted by Crippen LogP contribution is -1.98. The van der Waals surface area contributed by atoms with E-state index in [1.165, 1.54) is 23.0 Å². The first-order valence-electron chi connectivity index (χ1n) is 5.78. The van der Waals surface area contributed by atoms with Crippen molar-refractivity contribution in [1.82, 2.24) is 9.78 Å². The zero-order valence-electron chi connectivity index (χ0n) is 10.4. The Kier molecular flexibility index (Phi) is 2.73. The van der Waals surface area contributed by atoms with Crippen LogP contribution in [0.3, 0.4) is 0 Å². The Morgan fingerprint density at radius 2 is 1.76 bits per heavy atom. The molecule has 5 nitrogen and oxygen atoms in total. The Labute approximate surface area is 117 Å². The molecule has 0 atom stereocenters. The monoisotopic (exact) mass is 287 g/mol. The number of phenolic OH excluding ortho intramolecular Hbond substituents is 2. The number of hydrogen-bond donors (Lipinski definition) is 2. The minimum Gasteiger partial charge on any atom is -0.509 e. The van der Waals surface area contributed by atoms with Crippen molar-refractivity contribution in [2.75, 3.05) is 0 Å². The van der Waals surface area contributed by atoms with Crippen LogP contribution in [0.25, 0.3) is 21.4 Å². The van der Waals surface area contributed by atoms with Crippen LogP contribution in [0.1, 0.15) is 0 Å². The van der Waals surface area contributed by atoms with Crippen molar-refractivity contribution >= 4 is 16.6 Å². The van der Waals surface area contributed by atoms with E-state index in [0.29, 0.717) is 10.9 Å². The van der Waals surface area contributed by atoms with E-state index in [4.69, 9.17) is 11.7 Å². The van der Waals surface area contributed by atoms with Gasteiger partial charge in [0.25, 0.3) is 0 Å². The van der Waals surface area contributed by atoms with Gasteiger partial charge in [0, 0.05) is 12.1 Å². The van der Waals surface area contributed by atoms with Crippen LogP contribution in [0.2, 0.25) is 0 Å². The molecule has 21 heavy (non-hydrogen) atoms. The Bertz CT molecular complexity index is 889. The number of fused-ring (bicyclic) bond motifs is 1. The molecule has 0 aliphatic carbocycles. The highest BCUT2D eigenvalue weighted by atomic mass is 19.1. The first-order chi connectivity index (χ1) is 10.0. The van der Waals surface area contributed by atoms with Gasteiger partial charge in [-0.2, -0.15) is 5.10 Å². The fraction of sp³-hybridized carbons (Fsp3) is 0. The molecule has 0 aliphatic heterocycles.